The number of hydrogen-bond acceptors (Lipinski definition) is 4. The minimum atomic E-state index is -0.750. The van der Waals surface area contributed by atoms with Gasteiger partial charge in [0.15, 0.2) is 5.54 Å². The molecular weight excluding hydrogens is 434 g/mol. The predicted octanol–water partition coefficient (Wildman–Crippen LogP) is 4.21. The number of hydrogen-bond donors (Lipinski definition) is 2. The van der Waals surface area contributed by atoms with Gasteiger partial charge in [-0.3, -0.25) is 14.7 Å². The van der Waals surface area contributed by atoms with E-state index in [1.807, 2.05) is 42.5 Å². The summed E-state index contributed by atoms with van der Waals surface area (Å²) in [7, 11) is 0. The van der Waals surface area contributed by atoms with Crippen LogP contribution in [0.15, 0.2) is 89.9 Å². The Kier molecular flexibility index (Phi) is 5.65. The average molecular weight is 466 g/mol. The van der Waals surface area contributed by atoms with E-state index in [4.69, 9.17) is 4.99 Å². The summed E-state index contributed by atoms with van der Waals surface area (Å²) in [4.78, 5) is 21.5. The van der Waals surface area contributed by atoms with Crippen LogP contribution in [-0.4, -0.2) is 40.3 Å². The molecule has 4 bridgehead atoms. The highest BCUT2D eigenvalue weighted by Crippen LogP contribution is 2.54. The van der Waals surface area contributed by atoms with Gasteiger partial charge >= 0.3 is 0 Å². The molecule has 5 atom stereocenters. The van der Waals surface area contributed by atoms with Gasteiger partial charge in [-0.15, -0.1) is 0 Å². The van der Waals surface area contributed by atoms with Crippen LogP contribution >= 0.6 is 0 Å². The van der Waals surface area contributed by atoms with Crippen molar-refractivity contribution < 1.29 is 9.90 Å². The highest BCUT2D eigenvalue weighted by molar-refractivity contribution is 5.92. The maximum atomic E-state index is 14.0. The molecule has 0 aromatic heterocycles. The number of aromatic hydroxyl groups is 1. The molecule has 35 heavy (non-hydrogen) atoms. The molecule has 5 nitrogen and oxygen atoms in total. The summed E-state index contributed by atoms with van der Waals surface area (Å²) in [5.74, 6) is 1.25. The number of phenolic OH excluding ortho intramolecular Hbond substituents is 1. The molecule has 7 rings (SSSR count). The van der Waals surface area contributed by atoms with E-state index in [9.17, 15) is 9.90 Å². The van der Waals surface area contributed by atoms with Gasteiger partial charge in [0.2, 0.25) is 5.91 Å². The van der Waals surface area contributed by atoms with E-state index in [-0.39, 0.29) is 23.6 Å². The predicted molar refractivity (Wildman–Crippen MR) is 137 cm³/mol. The molecule has 1 amide bonds. The molecule has 3 aromatic carbocycles. The van der Waals surface area contributed by atoms with E-state index in [0.717, 1.165) is 37.1 Å². The second-order valence-electron chi connectivity index (χ2n) is 10.3. The lowest BCUT2D eigenvalue weighted by molar-refractivity contribution is -0.132. The topological polar surface area (TPSA) is 64.9 Å². The summed E-state index contributed by atoms with van der Waals surface area (Å²) in [5, 5.41) is 13.0. The van der Waals surface area contributed by atoms with Crippen LogP contribution in [0.1, 0.15) is 23.1 Å². The van der Waals surface area contributed by atoms with Crippen LogP contribution in [0.5, 0.6) is 5.75 Å². The number of phenols is 1. The first-order chi connectivity index (χ1) is 17.1. The van der Waals surface area contributed by atoms with E-state index in [2.05, 4.69) is 46.8 Å². The smallest absolute Gasteiger partial charge is 0.250 e. The van der Waals surface area contributed by atoms with Crippen molar-refractivity contribution in [3.8, 4) is 5.75 Å². The van der Waals surface area contributed by atoms with Crippen molar-refractivity contribution >= 4 is 12.1 Å². The third kappa shape index (κ3) is 3.94. The summed E-state index contributed by atoms with van der Waals surface area (Å²) in [6.07, 6.45) is 4.03. The van der Waals surface area contributed by atoms with Gasteiger partial charge < -0.3 is 10.4 Å². The van der Waals surface area contributed by atoms with Crippen molar-refractivity contribution in [2.75, 3.05) is 6.54 Å². The van der Waals surface area contributed by atoms with E-state index in [1.54, 1.807) is 12.1 Å². The molecule has 3 aromatic rings. The summed E-state index contributed by atoms with van der Waals surface area (Å²) in [6, 6.07) is 28.2. The fourth-order valence-corrected chi connectivity index (χ4v) is 6.66. The summed E-state index contributed by atoms with van der Waals surface area (Å²) in [6.45, 7) is 2.13. The van der Waals surface area contributed by atoms with Crippen molar-refractivity contribution in [3.63, 3.8) is 0 Å². The standard InChI is InChI=1S/C30H31N3O2/c34-26-13-11-23(12-14-26)19-33-20-25-16-24-18-32-30(25,29(35)31-17-22-9-5-2-6-10-22)28(33)27(24)15-21-7-3-1-4-8-21/h1-14,18,24-25,27-28,34H,15-17,19-20H2,(H,31,35)/t24-,25-,27+,28-,30-/m0/s1. The van der Waals surface area contributed by atoms with Crippen LogP contribution in [0.25, 0.3) is 0 Å². The molecule has 0 spiro atoms. The molecule has 5 heteroatoms. The van der Waals surface area contributed by atoms with Gasteiger partial charge in [0, 0.05) is 37.8 Å². The summed E-state index contributed by atoms with van der Waals surface area (Å²) >= 11 is 0. The third-order valence-corrected chi connectivity index (χ3v) is 8.21. The Morgan fingerprint density at radius 1 is 0.943 bits per heavy atom. The van der Waals surface area contributed by atoms with Gasteiger partial charge in [-0.2, -0.15) is 0 Å². The Morgan fingerprint density at radius 2 is 1.63 bits per heavy atom. The van der Waals surface area contributed by atoms with Crippen molar-refractivity contribution in [3.05, 3.63) is 102 Å². The second kappa shape index (κ2) is 8.97. The lowest BCUT2D eigenvalue weighted by atomic mass is 9.59. The molecule has 1 aliphatic carbocycles. The molecule has 2 fully saturated rings. The SMILES string of the molecule is O=C(NCc1ccccc1)[C@]12N=C[C@@H]3C[C@H]1CN(Cc1ccc(O)cc1)[C@H]2[C@@H]3Cc1ccccc1. The normalized spacial score (nSPS) is 28.8. The number of benzene rings is 3. The van der Waals surface area contributed by atoms with Gasteiger partial charge in [0.05, 0.1) is 0 Å². The number of rotatable bonds is 7. The number of carbonyl (C=O) groups is 1. The lowest BCUT2D eigenvalue weighted by Gasteiger charge is -2.51. The Labute approximate surface area is 206 Å². The number of amides is 1. The zero-order valence-corrected chi connectivity index (χ0v) is 19.8. The molecule has 1 saturated carbocycles. The second-order valence-corrected chi connectivity index (χ2v) is 10.3. The highest BCUT2D eigenvalue weighted by atomic mass is 16.3. The molecular formula is C30H31N3O2. The quantitative estimate of drug-likeness (QED) is 0.549. The van der Waals surface area contributed by atoms with Gasteiger partial charge in [0.1, 0.15) is 5.75 Å². The molecule has 178 valence electrons. The van der Waals surface area contributed by atoms with Crippen molar-refractivity contribution in [1.29, 1.82) is 0 Å². The van der Waals surface area contributed by atoms with E-state index < -0.39 is 5.54 Å². The van der Waals surface area contributed by atoms with Gasteiger partial charge in [-0.05, 0) is 53.5 Å². The van der Waals surface area contributed by atoms with Crippen LogP contribution in [0.4, 0.5) is 0 Å². The average Bonchev–Trinajstić information content (AvgIpc) is 3.15. The fourth-order valence-electron chi connectivity index (χ4n) is 6.66. The molecule has 0 unspecified atom stereocenters. The Balaban J connectivity index is 1.33. The van der Waals surface area contributed by atoms with Crippen LogP contribution in [0.2, 0.25) is 0 Å². The molecule has 2 N–H and O–H groups in total. The van der Waals surface area contributed by atoms with Crippen molar-refractivity contribution in [2.45, 2.75) is 37.5 Å². The van der Waals surface area contributed by atoms with Gasteiger partial charge in [-0.1, -0.05) is 72.8 Å². The van der Waals surface area contributed by atoms with E-state index >= 15 is 0 Å². The third-order valence-electron chi connectivity index (χ3n) is 8.21. The Hall–Kier alpha value is -3.44. The summed E-state index contributed by atoms with van der Waals surface area (Å²) < 4.78 is 0. The Bertz CT molecular complexity index is 1210. The molecule has 1 saturated heterocycles. The number of likely N-dealkylation sites (tertiary alicyclic amines) is 1. The maximum Gasteiger partial charge on any atom is 0.250 e. The van der Waals surface area contributed by atoms with Crippen LogP contribution in [-0.2, 0) is 24.3 Å². The van der Waals surface area contributed by atoms with Crippen molar-refractivity contribution in [2.24, 2.45) is 22.7 Å². The molecule has 3 aliphatic heterocycles. The maximum absolute atomic E-state index is 14.0. The van der Waals surface area contributed by atoms with E-state index in [0.29, 0.717) is 18.4 Å². The zero-order chi connectivity index (χ0) is 23.8. The largest absolute Gasteiger partial charge is 0.508 e. The monoisotopic (exact) mass is 465 g/mol. The Morgan fingerprint density at radius 3 is 2.34 bits per heavy atom. The number of aliphatic imine (C=N–C) groups is 1. The molecule has 3 heterocycles. The minimum absolute atomic E-state index is 0.0426. The van der Waals surface area contributed by atoms with Crippen molar-refractivity contribution in [1.82, 2.24) is 10.2 Å². The number of nitrogens with zero attached hydrogens (tertiary/aromatic N) is 2. The van der Waals surface area contributed by atoms with Gasteiger partial charge in [-0.25, -0.2) is 0 Å². The number of nitrogens with one attached hydrogen (secondary N) is 1. The van der Waals surface area contributed by atoms with Crippen LogP contribution in [0, 0.1) is 17.8 Å². The van der Waals surface area contributed by atoms with Gasteiger partial charge in [0.25, 0.3) is 0 Å². The molecule has 0 radical (unpaired) electrons. The first-order valence-electron chi connectivity index (χ1n) is 12.6. The molecule has 4 aliphatic rings. The number of carbonyl (C=O) groups excluding carboxylic acids is 1. The highest BCUT2D eigenvalue weighted by Gasteiger charge is 2.67. The fraction of sp³-hybridized carbons (Fsp3) is 0.333. The minimum Gasteiger partial charge on any atom is -0.508 e. The zero-order valence-electron chi connectivity index (χ0n) is 19.8. The lowest BCUT2D eigenvalue weighted by Crippen LogP contribution is -2.65. The summed E-state index contributed by atoms with van der Waals surface area (Å²) in [5.41, 5.74) is 2.81. The first kappa shape index (κ1) is 22.1. The van der Waals surface area contributed by atoms with E-state index in [1.165, 1.54) is 5.56 Å². The van der Waals surface area contributed by atoms with Crippen LogP contribution < -0.4 is 5.32 Å². The first-order valence-corrected chi connectivity index (χ1v) is 12.6. The van der Waals surface area contributed by atoms with Crippen LogP contribution in [0.3, 0.4) is 0 Å².